The molecule has 0 aliphatic carbocycles. The molecule has 0 aliphatic heterocycles. The van der Waals surface area contributed by atoms with Crippen LogP contribution in [0.1, 0.15) is 38.7 Å². The molecule has 0 fully saturated rings. The lowest BCUT2D eigenvalue weighted by atomic mass is 10.1. The summed E-state index contributed by atoms with van der Waals surface area (Å²) in [7, 11) is 0. The fourth-order valence-corrected chi connectivity index (χ4v) is 1.55. The molecule has 0 saturated heterocycles. The van der Waals surface area contributed by atoms with Gasteiger partial charge < -0.3 is 5.32 Å². The van der Waals surface area contributed by atoms with Gasteiger partial charge in [0.1, 0.15) is 0 Å². The molecule has 2 heteroatoms. The molecule has 0 saturated carbocycles. The molecule has 0 spiro atoms. The smallest absolute Gasteiger partial charge is 0.220 e. The van der Waals surface area contributed by atoms with Gasteiger partial charge in [-0.3, -0.25) is 4.79 Å². The number of hydrogen-bond donors (Lipinski definition) is 1. The summed E-state index contributed by atoms with van der Waals surface area (Å²) in [5.74, 6) is 0.172. The number of benzene rings is 1. The highest BCUT2D eigenvalue weighted by Gasteiger charge is 2.04. The van der Waals surface area contributed by atoms with Gasteiger partial charge in [0.05, 0.1) is 0 Å². The molecule has 2 nitrogen and oxygen atoms in total. The molecule has 1 N–H and O–H groups in total. The summed E-state index contributed by atoms with van der Waals surface area (Å²) in [5.41, 5.74) is 1.30. The predicted molar refractivity (Wildman–Crippen MR) is 67.3 cm³/mol. The molecule has 1 aromatic carbocycles. The maximum atomic E-state index is 11.5. The monoisotopic (exact) mass is 219 g/mol. The van der Waals surface area contributed by atoms with E-state index in [4.69, 9.17) is 0 Å². The summed E-state index contributed by atoms with van der Waals surface area (Å²) >= 11 is 0. The molecule has 0 bridgehead atoms. The Morgan fingerprint density at radius 2 is 2.00 bits per heavy atom. The van der Waals surface area contributed by atoms with Gasteiger partial charge in [-0.15, -0.1) is 0 Å². The average Bonchev–Trinajstić information content (AvgIpc) is 2.30. The summed E-state index contributed by atoms with van der Waals surface area (Å²) in [6.07, 6.45) is 3.52. The van der Waals surface area contributed by atoms with E-state index in [0.29, 0.717) is 12.5 Å². The normalized spacial score (nSPS) is 12.1. The second-order valence-electron chi connectivity index (χ2n) is 4.22. The predicted octanol–water partition coefficient (Wildman–Crippen LogP) is 2.92. The number of aryl methyl sites for hydroxylation is 1. The van der Waals surface area contributed by atoms with E-state index < -0.39 is 0 Å². The van der Waals surface area contributed by atoms with Crippen molar-refractivity contribution in [3.05, 3.63) is 35.9 Å². The highest BCUT2D eigenvalue weighted by atomic mass is 16.1. The van der Waals surface area contributed by atoms with Crippen molar-refractivity contribution in [2.75, 3.05) is 0 Å². The van der Waals surface area contributed by atoms with Crippen LogP contribution in [0.15, 0.2) is 30.3 Å². The molecule has 1 aromatic rings. The Morgan fingerprint density at radius 3 is 2.62 bits per heavy atom. The lowest BCUT2D eigenvalue weighted by Crippen LogP contribution is -2.31. The highest BCUT2D eigenvalue weighted by Crippen LogP contribution is 2.04. The zero-order valence-corrected chi connectivity index (χ0v) is 10.2. The minimum Gasteiger partial charge on any atom is -0.354 e. The van der Waals surface area contributed by atoms with Crippen molar-refractivity contribution in [1.29, 1.82) is 0 Å². The topological polar surface area (TPSA) is 29.1 Å². The molecule has 1 amide bonds. The van der Waals surface area contributed by atoms with Gasteiger partial charge in [-0.05, 0) is 31.7 Å². The number of amides is 1. The van der Waals surface area contributed by atoms with Crippen LogP contribution in [0.3, 0.4) is 0 Å². The Bertz CT molecular complexity index is 308. The Balaban J connectivity index is 2.18. The zero-order chi connectivity index (χ0) is 11.8. The van der Waals surface area contributed by atoms with E-state index in [1.165, 1.54) is 5.56 Å². The van der Waals surface area contributed by atoms with Crippen LogP contribution in [-0.2, 0) is 11.2 Å². The van der Waals surface area contributed by atoms with E-state index in [2.05, 4.69) is 24.4 Å². The summed E-state index contributed by atoms with van der Waals surface area (Å²) in [6.45, 7) is 4.12. The molecule has 0 heterocycles. The van der Waals surface area contributed by atoms with Crippen LogP contribution in [0.4, 0.5) is 0 Å². The second kappa shape index (κ2) is 7.04. The van der Waals surface area contributed by atoms with E-state index in [-0.39, 0.29) is 5.91 Å². The van der Waals surface area contributed by atoms with Gasteiger partial charge >= 0.3 is 0 Å². The van der Waals surface area contributed by atoms with Gasteiger partial charge in [0.2, 0.25) is 5.91 Å². The average molecular weight is 219 g/mol. The second-order valence-corrected chi connectivity index (χ2v) is 4.22. The first-order chi connectivity index (χ1) is 7.72. The first kappa shape index (κ1) is 12.8. The molecule has 1 atom stereocenters. The van der Waals surface area contributed by atoms with Crippen molar-refractivity contribution in [2.24, 2.45) is 0 Å². The summed E-state index contributed by atoms with van der Waals surface area (Å²) in [6, 6.07) is 10.6. The molecular formula is C14H21NO. The number of carbonyl (C=O) groups excluding carboxylic acids is 1. The number of carbonyl (C=O) groups is 1. The van der Waals surface area contributed by atoms with Crippen LogP contribution in [0.2, 0.25) is 0 Å². The van der Waals surface area contributed by atoms with Gasteiger partial charge in [-0.25, -0.2) is 0 Å². The zero-order valence-electron chi connectivity index (χ0n) is 10.2. The molecule has 0 radical (unpaired) electrons. The van der Waals surface area contributed by atoms with Crippen LogP contribution in [0.25, 0.3) is 0 Å². The van der Waals surface area contributed by atoms with Crippen molar-refractivity contribution in [3.8, 4) is 0 Å². The van der Waals surface area contributed by atoms with Gasteiger partial charge in [-0.2, -0.15) is 0 Å². The van der Waals surface area contributed by atoms with Gasteiger partial charge in [0, 0.05) is 12.5 Å². The lowest BCUT2D eigenvalue weighted by Gasteiger charge is -2.10. The van der Waals surface area contributed by atoms with Crippen molar-refractivity contribution in [3.63, 3.8) is 0 Å². The van der Waals surface area contributed by atoms with Gasteiger partial charge in [0.15, 0.2) is 0 Å². The van der Waals surface area contributed by atoms with Crippen molar-refractivity contribution in [1.82, 2.24) is 5.32 Å². The quantitative estimate of drug-likeness (QED) is 0.783. The third-order valence-electron chi connectivity index (χ3n) is 2.73. The first-order valence-electron chi connectivity index (χ1n) is 6.05. The molecule has 0 aromatic heterocycles. The molecule has 0 aliphatic rings. The Kier molecular flexibility index (Phi) is 5.62. The molecule has 1 rings (SSSR count). The Hall–Kier alpha value is -1.31. The molecule has 88 valence electrons. The lowest BCUT2D eigenvalue weighted by molar-refractivity contribution is -0.121. The van der Waals surface area contributed by atoms with E-state index in [1.807, 2.05) is 25.1 Å². The molecule has 16 heavy (non-hydrogen) atoms. The van der Waals surface area contributed by atoms with Crippen LogP contribution in [0.5, 0.6) is 0 Å². The van der Waals surface area contributed by atoms with E-state index in [0.717, 1.165) is 19.3 Å². The fourth-order valence-electron chi connectivity index (χ4n) is 1.55. The maximum absolute atomic E-state index is 11.5. The number of hydrogen-bond acceptors (Lipinski definition) is 1. The fraction of sp³-hybridized carbons (Fsp3) is 0.500. The van der Waals surface area contributed by atoms with E-state index in [1.54, 1.807) is 0 Å². The molecular weight excluding hydrogens is 198 g/mol. The van der Waals surface area contributed by atoms with Crippen molar-refractivity contribution in [2.45, 2.75) is 45.6 Å². The first-order valence-corrected chi connectivity index (χ1v) is 6.05. The maximum Gasteiger partial charge on any atom is 0.220 e. The van der Waals surface area contributed by atoms with Gasteiger partial charge in [0.25, 0.3) is 0 Å². The van der Waals surface area contributed by atoms with Crippen LogP contribution in [0, 0.1) is 0 Å². The number of rotatable bonds is 6. The SMILES string of the molecule is CC[C@@H](C)NC(=O)CCCc1ccccc1. The number of nitrogens with one attached hydrogen (secondary N) is 1. The third-order valence-corrected chi connectivity index (χ3v) is 2.73. The Labute approximate surface area is 98.1 Å². The highest BCUT2D eigenvalue weighted by molar-refractivity contribution is 5.76. The van der Waals surface area contributed by atoms with Crippen molar-refractivity contribution < 1.29 is 4.79 Å². The van der Waals surface area contributed by atoms with Crippen LogP contribution in [-0.4, -0.2) is 11.9 Å². The van der Waals surface area contributed by atoms with E-state index >= 15 is 0 Å². The van der Waals surface area contributed by atoms with Crippen LogP contribution >= 0.6 is 0 Å². The summed E-state index contributed by atoms with van der Waals surface area (Å²) < 4.78 is 0. The van der Waals surface area contributed by atoms with Crippen LogP contribution < -0.4 is 5.32 Å². The summed E-state index contributed by atoms with van der Waals surface area (Å²) in [4.78, 5) is 11.5. The third kappa shape index (κ3) is 4.96. The van der Waals surface area contributed by atoms with Crippen molar-refractivity contribution >= 4 is 5.91 Å². The largest absolute Gasteiger partial charge is 0.354 e. The van der Waals surface area contributed by atoms with E-state index in [9.17, 15) is 4.79 Å². The minimum absolute atomic E-state index is 0.172. The summed E-state index contributed by atoms with van der Waals surface area (Å²) in [5, 5.41) is 2.98. The Morgan fingerprint density at radius 1 is 1.31 bits per heavy atom. The minimum atomic E-state index is 0.172. The van der Waals surface area contributed by atoms with Gasteiger partial charge in [-0.1, -0.05) is 37.3 Å². The molecule has 0 unspecified atom stereocenters. The standard InChI is InChI=1S/C14H21NO/c1-3-12(2)15-14(16)11-7-10-13-8-5-4-6-9-13/h4-6,8-9,12H,3,7,10-11H2,1-2H3,(H,15,16)/t12-/m1/s1.